The minimum absolute atomic E-state index is 0.0668. The number of halogens is 1. The van der Waals surface area contributed by atoms with E-state index in [1.54, 1.807) is 19.2 Å². The number of carbonyl (C=O) groups is 2. The molecule has 0 bridgehead atoms. The zero-order valence-electron chi connectivity index (χ0n) is 9.29. The van der Waals surface area contributed by atoms with Crippen LogP contribution in [0.4, 0.5) is 5.69 Å². The molecule has 0 heterocycles. The van der Waals surface area contributed by atoms with Crippen LogP contribution in [0.5, 0.6) is 0 Å². The Morgan fingerprint density at radius 3 is 2.71 bits per heavy atom. The van der Waals surface area contributed by atoms with E-state index in [9.17, 15) is 9.59 Å². The van der Waals surface area contributed by atoms with E-state index in [-0.39, 0.29) is 17.9 Å². The van der Waals surface area contributed by atoms with Crippen molar-refractivity contribution >= 4 is 33.5 Å². The number of anilines is 1. The summed E-state index contributed by atoms with van der Waals surface area (Å²) in [5, 5.41) is 14.4. The third kappa shape index (κ3) is 3.83. The number of carbonyl (C=O) groups excluding carboxylic acids is 1. The first kappa shape index (κ1) is 13.7. The van der Waals surface area contributed by atoms with Crippen molar-refractivity contribution in [3.63, 3.8) is 0 Å². The number of aromatic carboxylic acids is 1. The van der Waals surface area contributed by atoms with Crippen LogP contribution in [-0.2, 0) is 4.79 Å². The summed E-state index contributed by atoms with van der Waals surface area (Å²) in [6.45, 7) is 0.540. The van der Waals surface area contributed by atoms with E-state index in [1.165, 1.54) is 6.07 Å². The maximum atomic E-state index is 11.5. The molecule has 0 aliphatic rings. The summed E-state index contributed by atoms with van der Waals surface area (Å²) in [5.74, 6) is -1.30. The monoisotopic (exact) mass is 300 g/mol. The molecule has 17 heavy (non-hydrogen) atoms. The average molecular weight is 301 g/mol. The lowest BCUT2D eigenvalue weighted by Crippen LogP contribution is -2.20. The van der Waals surface area contributed by atoms with Crippen molar-refractivity contribution in [3.05, 3.63) is 28.2 Å². The number of carboxylic acid groups (broad SMARTS) is 1. The number of hydrogen-bond donors (Lipinski definition) is 3. The van der Waals surface area contributed by atoms with Crippen LogP contribution in [0.15, 0.2) is 22.7 Å². The molecule has 5 nitrogen and oxygen atoms in total. The lowest BCUT2D eigenvalue weighted by molar-refractivity contribution is -0.116. The van der Waals surface area contributed by atoms with Gasteiger partial charge in [0.25, 0.3) is 0 Å². The number of para-hydroxylation sites is 1. The molecule has 1 aromatic rings. The van der Waals surface area contributed by atoms with E-state index in [2.05, 4.69) is 26.6 Å². The molecule has 92 valence electrons. The van der Waals surface area contributed by atoms with Crippen molar-refractivity contribution in [2.45, 2.75) is 6.42 Å². The van der Waals surface area contributed by atoms with Crippen LogP contribution >= 0.6 is 15.9 Å². The number of benzene rings is 1. The minimum Gasteiger partial charge on any atom is -0.478 e. The summed E-state index contributed by atoms with van der Waals surface area (Å²) in [6.07, 6.45) is 0.289. The van der Waals surface area contributed by atoms with Crippen LogP contribution in [0.1, 0.15) is 16.8 Å². The fourth-order valence-electron chi connectivity index (χ4n) is 1.27. The van der Waals surface area contributed by atoms with Crippen LogP contribution in [0.3, 0.4) is 0 Å². The van der Waals surface area contributed by atoms with E-state index < -0.39 is 5.97 Å². The van der Waals surface area contributed by atoms with Gasteiger partial charge in [-0.1, -0.05) is 6.07 Å². The molecule has 0 aliphatic carbocycles. The molecule has 0 spiro atoms. The van der Waals surface area contributed by atoms with E-state index >= 15 is 0 Å². The van der Waals surface area contributed by atoms with Crippen LogP contribution < -0.4 is 10.6 Å². The molecule has 3 N–H and O–H groups in total. The van der Waals surface area contributed by atoms with Crippen LogP contribution in [-0.4, -0.2) is 30.6 Å². The third-order valence-electron chi connectivity index (χ3n) is 2.11. The maximum absolute atomic E-state index is 11.5. The summed E-state index contributed by atoms with van der Waals surface area (Å²) in [7, 11) is 1.74. The Kier molecular flexibility index (Phi) is 5.11. The molecule has 0 saturated carbocycles. The van der Waals surface area contributed by atoms with Crippen LogP contribution in [0.2, 0.25) is 0 Å². The predicted molar refractivity (Wildman–Crippen MR) is 68.3 cm³/mol. The van der Waals surface area contributed by atoms with Crippen molar-refractivity contribution < 1.29 is 14.7 Å². The maximum Gasteiger partial charge on any atom is 0.337 e. The van der Waals surface area contributed by atoms with Gasteiger partial charge in [0.15, 0.2) is 0 Å². The molecule has 0 aliphatic heterocycles. The molecule has 0 atom stereocenters. The Hall–Kier alpha value is -1.40. The van der Waals surface area contributed by atoms with Crippen molar-refractivity contribution in [1.29, 1.82) is 0 Å². The van der Waals surface area contributed by atoms with E-state index in [0.717, 1.165) is 0 Å². The number of amides is 1. The normalized spacial score (nSPS) is 10.0. The minimum atomic E-state index is -1.07. The van der Waals surface area contributed by atoms with Gasteiger partial charge in [0.05, 0.1) is 11.3 Å². The van der Waals surface area contributed by atoms with Gasteiger partial charge in [-0.15, -0.1) is 0 Å². The SMILES string of the molecule is CNCCC(=O)Nc1c(Br)cccc1C(=O)O. The zero-order chi connectivity index (χ0) is 12.8. The van der Waals surface area contributed by atoms with Gasteiger partial charge >= 0.3 is 5.97 Å². The Morgan fingerprint density at radius 1 is 1.41 bits per heavy atom. The van der Waals surface area contributed by atoms with E-state index in [1.807, 2.05) is 0 Å². The van der Waals surface area contributed by atoms with E-state index in [0.29, 0.717) is 16.7 Å². The molecule has 1 aromatic carbocycles. The first-order valence-corrected chi connectivity index (χ1v) is 5.81. The highest BCUT2D eigenvalue weighted by atomic mass is 79.9. The molecule has 1 rings (SSSR count). The van der Waals surface area contributed by atoms with Gasteiger partial charge in [-0.2, -0.15) is 0 Å². The summed E-state index contributed by atoms with van der Waals surface area (Å²) in [6, 6.07) is 4.73. The molecule has 6 heteroatoms. The fraction of sp³-hybridized carbons (Fsp3) is 0.273. The molecule has 0 saturated heterocycles. The van der Waals surface area contributed by atoms with Crippen molar-refractivity contribution in [1.82, 2.24) is 5.32 Å². The zero-order valence-corrected chi connectivity index (χ0v) is 10.9. The summed E-state index contributed by atoms with van der Waals surface area (Å²) < 4.78 is 0.551. The summed E-state index contributed by atoms with van der Waals surface area (Å²) >= 11 is 3.22. The summed E-state index contributed by atoms with van der Waals surface area (Å²) in [5.41, 5.74) is 0.360. The third-order valence-corrected chi connectivity index (χ3v) is 2.77. The molecule has 0 radical (unpaired) electrons. The smallest absolute Gasteiger partial charge is 0.337 e. The lowest BCUT2D eigenvalue weighted by Gasteiger charge is -2.10. The second-order valence-electron chi connectivity index (χ2n) is 3.37. The quantitative estimate of drug-likeness (QED) is 0.773. The standard InChI is InChI=1S/C11H13BrN2O3/c1-13-6-5-9(15)14-10-7(11(16)17)3-2-4-8(10)12/h2-4,13H,5-6H2,1H3,(H,14,15)(H,16,17). The topological polar surface area (TPSA) is 78.4 Å². The van der Waals surface area contributed by atoms with Gasteiger partial charge in [-0.25, -0.2) is 4.79 Å². The number of rotatable bonds is 5. The number of hydrogen-bond acceptors (Lipinski definition) is 3. The molecule has 0 unspecified atom stereocenters. The van der Waals surface area contributed by atoms with Gasteiger partial charge in [-0.3, -0.25) is 4.79 Å². The predicted octanol–water partition coefficient (Wildman–Crippen LogP) is 1.70. The van der Waals surface area contributed by atoms with Crippen LogP contribution in [0, 0.1) is 0 Å². The Balaban J connectivity index is 2.89. The molecular weight excluding hydrogens is 288 g/mol. The highest BCUT2D eigenvalue weighted by Gasteiger charge is 2.14. The second kappa shape index (κ2) is 6.36. The molecule has 1 amide bonds. The Bertz CT molecular complexity index is 435. The first-order valence-electron chi connectivity index (χ1n) is 5.02. The van der Waals surface area contributed by atoms with E-state index in [4.69, 9.17) is 5.11 Å². The molecule has 0 fully saturated rings. The lowest BCUT2D eigenvalue weighted by atomic mass is 10.1. The first-order chi connectivity index (χ1) is 8.06. The fourth-order valence-corrected chi connectivity index (χ4v) is 1.74. The van der Waals surface area contributed by atoms with Gasteiger partial charge in [0.2, 0.25) is 5.91 Å². The van der Waals surface area contributed by atoms with Crippen LogP contribution in [0.25, 0.3) is 0 Å². The second-order valence-corrected chi connectivity index (χ2v) is 4.22. The highest BCUT2D eigenvalue weighted by molar-refractivity contribution is 9.10. The summed E-state index contributed by atoms with van der Waals surface area (Å²) in [4.78, 5) is 22.5. The Labute approximate surface area is 107 Å². The van der Waals surface area contributed by atoms with Crippen molar-refractivity contribution in [2.75, 3.05) is 18.9 Å². The van der Waals surface area contributed by atoms with Gasteiger partial charge < -0.3 is 15.7 Å². The number of carboxylic acids is 1. The van der Waals surface area contributed by atoms with Gasteiger partial charge in [0.1, 0.15) is 0 Å². The van der Waals surface area contributed by atoms with Gasteiger partial charge in [0, 0.05) is 17.4 Å². The van der Waals surface area contributed by atoms with Gasteiger partial charge in [-0.05, 0) is 35.1 Å². The molecule has 0 aromatic heterocycles. The van der Waals surface area contributed by atoms with Crippen molar-refractivity contribution in [3.8, 4) is 0 Å². The number of nitrogens with one attached hydrogen (secondary N) is 2. The largest absolute Gasteiger partial charge is 0.478 e. The average Bonchev–Trinajstić information content (AvgIpc) is 2.28. The highest BCUT2D eigenvalue weighted by Crippen LogP contribution is 2.26. The Morgan fingerprint density at radius 2 is 2.12 bits per heavy atom. The molecular formula is C11H13BrN2O3. The van der Waals surface area contributed by atoms with Crippen molar-refractivity contribution in [2.24, 2.45) is 0 Å².